The van der Waals surface area contributed by atoms with Gasteiger partial charge < -0.3 is 9.80 Å². The molecule has 0 bridgehead atoms. The zero-order chi connectivity index (χ0) is 21.7. The SMILES string of the molecule is CCN(CC)c1ccc(C(=O)N(CCC[NH+](C)C)c2nc3ccc(F)cc3s2)cc1. The molecule has 0 atom stereocenters. The van der Waals surface area contributed by atoms with Gasteiger partial charge in [-0.25, -0.2) is 9.37 Å². The molecular weight excluding hydrogens is 399 g/mol. The van der Waals surface area contributed by atoms with Crippen LogP contribution in [0.3, 0.4) is 0 Å². The standard InChI is InChI=1S/C23H29FN4OS/c1-5-27(6-2)19-11-8-17(9-12-19)22(29)28(15-7-14-26(3)4)23-25-20-13-10-18(24)16-21(20)30-23/h8-13,16H,5-7,14-15H2,1-4H3/p+1. The highest BCUT2D eigenvalue weighted by atomic mass is 32.1. The second-order valence-electron chi connectivity index (χ2n) is 7.60. The van der Waals surface area contributed by atoms with Gasteiger partial charge in [0.25, 0.3) is 5.91 Å². The number of aromatic nitrogens is 1. The van der Waals surface area contributed by atoms with Crippen LogP contribution in [0.1, 0.15) is 30.6 Å². The Morgan fingerprint density at radius 2 is 1.80 bits per heavy atom. The maximum Gasteiger partial charge on any atom is 0.260 e. The van der Waals surface area contributed by atoms with Gasteiger partial charge in [0.05, 0.1) is 30.9 Å². The average Bonchev–Trinajstić information content (AvgIpc) is 3.14. The number of hydrogen-bond donors (Lipinski definition) is 1. The third-order valence-corrected chi connectivity index (χ3v) is 6.16. The molecule has 0 aliphatic rings. The summed E-state index contributed by atoms with van der Waals surface area (Å²) < 4.78 is 14.4. The third kappa shape index (κ3) is 5.15. The van der Waals surface area contributed by atoms with Crippen LogP contribution in [-0.4, -0.2) is 51.2 Å². The minimum absolute atomic E-state index is 0.0746. The number of carbonyl (C=O) groups excluding carboxylic acids is 1. The molecule has 1 amide bonds. The molecule has 1 N–H and O–H groups in total. The molecule has 0 saturated heterocycles. The summed E-state index contributed by atoms with van der Waals surface area (Å²) in [5.74, 6) is -0.367. The fraction of sp³-hybridized carbons (Fsp3) is 0.391. The zero-order valence-corrected chi connectivity index (χ0v) is 18.9. The molecule has 7 heteroatoms. The Bertz CT molecular complexity index is 983. The summed E-state index contributed by atoms with van der Waals surface area (Å²) >= 11 is 1.36. The van der Waals surface area contributed by atoms with Crippen LogP contribution in [0.5, 0.6) is 0 Å². The van der Waals surface area contributed by atoms with Gasteiger partial charge in [-0.15, -0.1) is 0 Å². The Morgan fingerprint density at radius 1 is 1.10 bits per heavy atom. The number of carbonyl (C=O) groups is 1. The number of benzene rings is 2. The highest BCUT2D eigenvalue weighted by Gasteiger charge is 2.22. The smallest absolute Gasteiger partial charge is 0.260 e. The minimum atomic E-state index is -0.293. The molecule has 0 fully saturated rings. The second kappa shape index (κ2) is 10.00. The number of halogens is 1. The molecule has 0 radical (unpaired) electrons. The van der Waals surface area contributed by atoms with Gasteiger partial charge in [-0.05, 0) is 56.3 Å². The lowest BCUT2D eigenvalue weighted by atomic mass is 10.1. The highest BCUT2D eigenvalue weighted by molar-refractivity contribution is 7.22. The van der Waals surface area contributed by atoms with Crippen LogP contribution in [0.25, 0.3) is 10.2 Å². The van der Waals surface area contributed by atoms with Crippen molar-refractivity contribution in [3.8, 4) is 0 Å². The van der Waals surface area contributed by atoms with E-state index >= 15 is 0 Å². The first kappa shape index (κ1) is 22.2. The summed E-state index contributed by atoms with van der Waals surface area (Å²) in [6.07, 6.45) is 0.857. The van der Waals surface area contributed by atoms with Gasteiger partial charge in [-0.1, -0.05) is 11.3 Å². The van der Waals surface area contributed by atoms with Crippen molar-refractivity contribution in [1.82, 2.24) is 4.98 Å². The minimum Gasteiger partial charge on any atom is -0.372 e. The molecule has 0 saturated carbocycles. The third-order valence-electron chi connectivity index (χ3n) is 5.12. The first-order valence-corrected chi connectivity index (χ1v) is 11.3. The van der Waals surface area contributed by atoms with E-state index in [4.69, 9.17) is 0 Å². The van der Waals surface area contributed by atoms with Crippen LogP contribution in [-0.2, 0) is 0 Å². The number of quaternary nitrogens is 1. The number of rotatable bonds is 9. The number of amides is 1. The predicted molar refractivity (Wildman–Crippen MR) is 124 cm³/mol. The maximum absolute atomic E-state index is 13.6. The number of nitrogens with one attached hydrogen (secondary N) is 1. The van der Waals surface area contributed by atoms with E-state index in [0.717, 1.165) is 36.4 Å². The topological polar surface area (TPSA) is 40.9 Å². The highest BCUT2D eigenvalue weighted by Crippen LogP contribution is 2.30. The van der Waals surface area contributed by atoms with Crippen LogP contribution in [0, 0.1) is 5.82 Å². The van der Waals surface area contributed by atoms with Gasteiger partial charge in [0.2, 0.25) is 0 Å². The van der Waals surface area contributed by atoms with E-state index in [1.165, 1.54) is 28.4 Å². The van der Waals surface area contributed by atoms with E-state index in [0.29, 0.717) is 22.8 Å². The van der Waals surface area contributed by atoms with E-state index in [1.807, 2.05) is 24.3 Å². The number of anilines is 2. The van der Waals surface area contributed by atoms with E-state index in [9.17, 15) is 9.18 Å². The first-order valence-electron chi connectivity index (χ1n) is 10.4. The lowest BCUT2D eigenvalue weighted by Crippen LogP contribution is -3.05. The Morgan fingerprint density at radius 3 is 2.43 bits per heavy atom. The molecule has 0 unspecified atom stereocenters. The monoisotopic (exact) mass is 429 g/mol. The number of fused-ring (bicyclic) bond motifs is 1. The van der Waals surface area contributed by atoms with Gasteiger partial charge >= 0.3 is 0 Å². The van der Waals surface area contributed by atoms with E-state index in [2.05, 4.69) is 37.8 Å². The van der Waals surface area contributed by atoms with E-state index in [-0.39, 0.29) is 11.7 Å². The van der Waals surface area contributed by atoms with Gasteiger partial charge in [-0.2, -0.15) is 0 Å². The summed E-state index contributed by atoms with van der Waals surface area (Å²) in [5.41, 5.74) is 2.45. The molecule has 5 nitrogen and oxygen atoms in total. The van der Waals surface area contributed by atoms with E-state index in [1.54, 1.807) is 11.0 Å². The van der Waals surface area contributed by atoms with Crippen molar-refractivity contribution in [3.63, 3.8) is 0 Å². The summed E-state index contributed by atoms with van der Waals surface area (Å²) in [6, 6.07) is 12.3. The van der Waals surface area contributed by atoms with Crippen molar-refractivity contribution in [2.24, 2.45) is 0 Å². The Hall–Kier alpha value is -2.51. The van der Waals surface area contributed by atoms with Gasteiger partial charge in [0, 0.05) is 37.3 Å². The molecule has 1 aromatic heterocycles. The molecule has 0 aliphatic heterocycles. The Labute approximate surface area is 181 Å². The molecule has 3 rings (SSSR count). The van der Waals surface area contributed by atoms with Crippen molar-refractivity contribution < 1.29 is 14.1 Å². The van der Waals surface area contributed by atoms with Crippen LogP contribution >= 0.6 is 11.3 Å². The van der Waals surface area contributed by atoms with Crippen LogP contribution in [0.2, 0.25) is 0 Å². The fourth-order valence-electron chi connectivity index (χ4n) is 3.44. The summed E-state index contributed by atoms with van der Waals surface area (Å²) in [7, 11) is 4.19. The number of thiazole rings is 1. The largest absolute Gasteiger partial charge is 0.372 e. The van der Waals surface area contributed by atoms with E-state index < -0.39 is 0 Å². The Kier molecular flexibility index (Phi) is 7.39. The van der Waals surface area contributed by atoms with Gasteiger partial charge in [0.1, 0.15) is 5.82 Å². The predicted octanol–water partition coefficient (Wildman–Crippen LogP) is 3.46. The van der Waals surface area contributed by atoms with Gasteiger partial charge in [-0.3, -0.25) is 9.69 Å². The first-order chi connectivity index (χ1) is 14.4. The number of hydrogen-bond acceptors (Lipinski definition) is 4. The summed E-state index contributed by atoms with van der Waals surface area (Å²) in [6.45, 7) is 7.60. The van der Waals surface area contributed by atoms with Crippen LogP contribution in [0.15, 0.2) is 42.5 Å². The zero-order valence-electron chi connectivity index (χ0n) is 18.1. The number of nitrogens with zero attached hydrogens (tertiary/aromatic N) is 3. The summed E-state index contributed by atoms with van der Waals surface area (Å²) in [4.78, 5) is 23.3. The molecule has 3 aromatic rings. The van der Waals surface area contributed by atoms with Gasteiger partial charge in [0.15, 0.2) is 5.13 Å². The van der Waals surface area contributed by atoms with Crippen molar-refractivity contribution in [2.75, 3.05) is 50.1 Å². The maximum atomic E-state index is 13.6. The molecule has 2 aromatic carbocycles. The molecule has 30 heavy (non-hydrogen) atoms. The molecular formula is C23H30FN4OS+. The van der Waals surface area contributed by atoms with Crippen molar-refractivity contribution in [1.29, 1.82) is 0 Å². The van der Waals surface area contributed by atoms with Crippen LogP contribution < -0.4 is 14.7 Å². The molecule has 160 valence electrons. The van der Waals surface area contributed by atoms with Crippen LogP contribution in [0.4, 0.5) is 15.2 Å². The fourth-order valence-corrected chi connectivity index (χ4v) is 4.45. The normalized spacial score (nSPS) is 11.3. The molecule has 1 heterocycles. The Balaban J connectivity index is 1.89. The summed E-state index contributed by atoms with van der Waals surface area (Å²) in [5, 5.41) is 0.613. The quantitative estimate of drug-likeness (QED) is 0.566. The van der Waals surface area contributed by atoms with Crippen molar-refractivity contribution >= 4 is 38.3 Å². The average molecular weight is 430 g/mol. The second-order valence-corrected chi connectivity index (χ2v) is 8.60. The van der Waals surface area contributed by atoms with Crippen molar-refractivity contribution in [2.45, 2.75) is 20.3 Å². The lowest BCUT2D eigenvalue weighted by molar-refractivity contribution is -0.858. The van der Waals surface area contributed by atoms with Crippen molar-refractivity contribution in [3.05, 3.63) is 53.8 Å². The lowest BCUT2D eigenvalue weighted by Gasteiger charge is -2.23. The molecule has 0 aliphatic carbocycles. The molecule has 0 spiro atoms.